The van der Waals surface area contributed by atoms with Gasteiger partial charge in [0.1, 0.15) is 72.1 Å². The third-order valence-corrected chi connectivity index (χ3v) is 24.3. The molecule has 2 saturated heterocycles. The summed E-state index contributed by atoms with van der Waals surface area (Å²) in [5, 5.41) is 8.38. The lowest BCUT2D eigenvalue weighted by Gasteiger charge is -2.54. The summed E-state index contributed by atoms with van der Waals surface area (Å²) in [5.74, 6) is -17.3. The van der Waals surface area contributed by atoms with E-state index in [1.54, 1.807) is 39.8 Å². The van der Waals surface area contributed by atoms with Gasteiger partial charge in [-0.05, 0) is 139 Å². The van der Waals surface area contributed by atoms with E-state index in [-0.39, 0.29) is 96.9 Å². The second kappa shape index (κ2) is 38.0. The number of alkyl halides is 8. The van der Waals surface area contributed by atoms with Gasteiger partial charge in [-0.3, -0.25) is 57.5 Å². The Bertz CT molecular complexity index is 3300. The first-order valence-electron chi connectivity index (χ1n) is 39.0. The molecule has 7 aliphatic rings. The van der Waals surface area contributed by atoms with Crippen LogP contribution in [0.5, 0.6) is 0 Å². The molecule has 4 aliphatic carbocycles. The molecule has 4 saturated carbocycles. The largest absolute Gasteiger partial charge is 0.397 e. The number of carbonyl (C=O) groups excluding carboxylic acids is 12. The maximum Gasteiger partial charge on any atom is 0.397 e. The number of methoxy groups -OCH3 is 1. The molecule has 110 heavy (non-hydrogen) atoms. The molecule has 3 aliphatic heterocycles. The molecule has 2 unspecified atom stereocenters. The fraction of sp³-hybridized carbons (Fsp3) is 0.816. The van der Waals surface area contributed by atoms with Crippen LogP contribution < -0.4 is 16.0 Å². The van der Waals surface area contributed by atoms with Crippen LogP contribution in [0.4, 0.5) is 35.1 Å². The maximum atomic E-state index is 15.8. The first-order valence-corrected chi connectivity index (χ1v) is 39.0. The highest BCUT2D eigenvalue weighted by molar-refractivity contribution is 6.01. The fourth-order valence-electron chi connectivity index (χ4n) is 17.7. The molecule has 0 radical (unpaired) electrons. The van der Waals surface area contributed by atoms with Crippen molar-refractivity contribution in [2.24, 2.45) is 40.9 Å². The third-order valence-electron chi connectivity index (χ3n) is 24.3. The highest BCUT2D eigenvalue weighted by atomic mass is 19.4. The number of hydrogen-bond acceptors (Lipinski definition) is 14. The Morgan fingerprint density at radius 2 is 1.28 bits per heavy atom. The molecular weight excluding hydrogens is 1460 g/mol. The summed E-state index contributed by atoms with van der Waals surface area (Å²) in [7, 11) is 10.6. The molecule has 0 aromatic carbocycles. The minimum absolute atomic E-state index is 0.00125. The number of likely N-dealkylation sites (N-methyl/N-ethyl adjacent to an activating group) is 7. The summed E-state index contributed by atoms with van der Waals surface area (Å²) in [6.45, 7) is 8.19. The molecule has 1 spiro atoms. The molecular formula is C76H118F8N12O14. The first-order chi connectivity index (χ1) is 51.5. The van der Waals surface area contributed by atoms with E-state index in [4.69, 9.17) is 9.47 Å². The second-order valence-corrected chi connectivity index (χ2v) is 32.8. The first kappa shape index (κ1) is 89.9. The summed E-state index contributed by atoms with van der Waals surface area (Å²) >= 11 is 0. The van der Waals surface area contributed by atoms with Crippen molar-refractivity contribution in [1.29, 1.82) is 0 Å². The second-order valence-electron chi connectivity index (χ2n) is 32.8. The Morgan fingerprint density at radius 3 is 1.85 bits per heavy atom. The van der Waals surface area contributed by atoms with E-state index in [1.807, 2.05) is 13.8 Å². The van der Waals surface area contributed by atoms with Gasteiger partial charge in [-0.15, -0.1) is 0 Å². The molecule has 0 aromatic rings. The van der Waals surface area contributed by atoms with E-state index >= 15 is 37.5 Å². The van der Waals surface area contributed by atoms with Gasteiger partial charge in [-0.25, -0.2) is 8.78 Å². The van der Waals surface area contributed by atoms with E-state index < -0.39 is 242 Å². The predicted molar refractivity (Wildman–Crippen MR) is 387 cm³/mol. The third kappa shape index (κ3) is 21.5. The molecule has 622 valence electrons. The topological polar surface area (TPSA) is 289 Å². The van der Waals surface area contributed by atoms with Crippen molar-refractivity contribution in [3.05, 3.63) is 12.2 Å². The highest BCUT2D eigenvalue weighted by Gasteiger charge is 2.60. The van der Waals surface area contributed by atoms with Gasteiger partial charge in [-0.1, -0.05) is 59.1 Å². The van der Waals surface area contributed by atoms with Gasteiger partial charge in [0.15, 0.2) is 0 Å². The van der Waals surface area contributed by atoms with Crippen molar-refractivity contribution in [3.63, 3.8) is 0 Å². The normalized spacial score (nSPS) is 32.1. The summed E-state index contributed by atoms with van der Waals surface area (Å²) in [6.07, 6.45) is -14.1. The van der Waals surface area contributed by atoms with Crippen molar-refractivity contribution >= 4 is 70.9 Å². The van der Waals surface area contributed by atoms with Crippen LogP contribution in [0, 0.1) is 40.9 Å². The predicted octanol–water partition coefficient (Wildman–Crippen LogP) is 5.98. The van der Waals surface area contributed by atoms with Gasteiger partial charge < -0.3 is 69.5 Å². The lowest BCUT2D eigenvalue weighted by molar-refractivity contribution is -0.219. The van der Waals surface area contributed by atoms with Crippen LogP contribution in [0.25, 0.3) is 0 Å². The molecule has 2 bridgehead atoms. The van der Waals surface area contributed by atoms with Gasteiger partial charge in [0.05, 0.1) is 38.1 Å². The number of fused-ring (bicyclic) bond motifs is 3. The average Bonchev–Trinajstić information content (AvgIpc) is 0.993. The van der Waals surface area contributed by atoms with Crippen molar-refractivity contribution in [1.82, 2.24) is 60.0 Å². The van der Waals surface area contributed by atoms with Gasteiger partial charge in [-0.2, -0.15) is 26.3 Å². The molecule has 26 nitrogen and oxygen atoms in total. The molecule has 3 heterocycles. The van der Waals surface area contributed by atoms with Crippen molar-refractivity contribution in [2.45, 2.75) is 255 Å². The zero-order valence-corrected chi connectivity index (χ0v) is 66.3. The van der Waals surface area contributed by atoms with Crippen molar-refractivity contribution < 1.29 is 102 Å². The average molecular weight is 1580 g/mol. The lowest BCUT2D eigenvalue weighted by Crippen LogP contribution is -2.71. The van der Waals surface area contributed by atoms with Crippen LogP contribution in [0.1, 0.15) is 170 Å². The zero-order valence-electron chi connectivity index (χ0n) is 66.3. The number of hydrogen-bond donors (Lipinski definition) is 3. The van der Waals surface area contributed by atoms with Crippen LogP contribution in [-0.2, 0) is 67.0 Å². The van der Waals surface area contributed by atoms with Crippen LogP contribution in [-0.4, -0.2) is 302 Å². The van der Waals surface area contributed by atoms with Gasteiger partial charge in [0.2, 0.25) is 70.9 Å². The molecule has 6 fully saturated rings. The number of nitrogens with one attached hydrogen (secondary N) is 3. The molecule has 12 atom stereocenters. The quantitative estimate of drug-likeness (QED) is 0.133. The lowest BCUT2D eigenvalue weighted by atomic mass is 9.58. The number of carbonyl (C=O) groups is 12. The molecule has 0 aromatic heterocycles. The van der Waals surface area contributed by atoms with Gasteiger partial charge in [0.25, 0.3) is 0 Å². The highest BCUT2D eigenvalue weighted by Crippen LogP contribution is 2.50. The Hall–Kier alpha value is -7.26. The molecule has 7 rings (SSSR count). The summed E-state index contributed by atoms with van der Waals surface area (Å²) in [6, 6.07) is -11.8. The monoisotopic (exact) mass is 1570 g/mol. The molecule has 12 amide bonds. The van der Waals surface area contributed by atoms with Gasteiger partial charge >= 0.3 is 12.4 Å². The molecule has 3 N–H and O–H groups in total. The van der Waals surface area contributed by atoms with E-state index in [1.165, 1.54) is 71.1 Å². The summed E-state index contributed by atoms with van der Waals surface area (Å²) in [5.41, 5.74) is -2.39. The Morgan fingerprint density at radius 1 is 0.664 bits per heavy atom. The maximum absolute atomic E-state index is 15.8. The summed E-state index contributed by atoms with van der Waals surface area (Å²) in [4.78, 5) is 192. The fourth-order valence-corrected chi connectivity index (χ4v) is 17.7. The summed E-state index contributed by atoms with van der Waals surface area (Å²) < 4.78 is 127. The van der Waals surface area contributed by atoms with Crippen molar-refractivity contribution in [3.8, 4) is 0 Å². The standard InChI is InChI=1S/C76H118F8N12O14/c1-15-44(4)62-70(106)90(9)40-60(99)91(10)53-25-19-18-22-32-95(69(53)105)56(35-45-26-29-48(30-27-45)75(79,80)81)68(104)89(8)39-58(97)85-52(31-28-46-33-50(77)61(51(78)34-46)76(82,83)84)66(102)96-38-49(110-17-3)36-54(96)65(101)87-74(42-73(5,6)43-74)72(108)94(13)63(47-23-20-21-24-47)71(107)93(12)55(67(103)88(7)16-2)37-59(98)92(11)57(41-109-14)64(100)86-62/h18-19,44-57,61-63H,15-17,20-43H2,1-14H3,(H,85,97)(H,86,100)(H,87,101)/b19-18-/t44-,45?,46?,48?,49+,50?,51?,52-,53-,54-,55-,56-,57-,61?,62-,63-/m0/s1. The number of halogens is 8. The van der Waals surface area contributed by atoms with Crippen LogP contribution in [0.3, 0.4) is 0 Å². The van der Waals surface area contributed by atoms with E-state index in [0.29, 0.717) is 32.1 Å². The van der Waals surface area contributed by atoms with E-state index in [0.717, 1.165) is 29.4 Å². The minimum Gasteiger partial charge on any atom is -0.382 e. The number of amides is 12. The van der Waals surface area contributed by atoms with Crippen LogP contribution in [0.15, 0.2) is 12.2 Å². The Labute approximate surface area is 640 Å². The van der Waals surface area contributed by atoms with Crippen LogP contribution >= 0.6 is 0 Å². The minimum atomic E-state index is -5.22. The van der Waals surface area contributed by atoms with E-state index in [9.17, 15) is 55.1 Å². The van der Waals surface area contributed by atoms with Gasteiger partial charge in [0, 0.05) is 89.1 Å². The zero-order chi connectivity index (χ0) is 82.0. The van der Waals surface area contributed by atoms with Crippen LogP contribution in [0.2, 0.25) is 0 Å². The smallest absolute Gasteiger partial charge is 0.382 e. The van der Waals surface area contributed by atoms with Crippen molar-refractivity contribution in [2.75, 3.05) is 102 Å². The SMILES string of the molecule is CCO[C@@H]1C[C@H]2C(=O)NC3(CC(C)(C)C3)C(=O)N(C)[C@@H](C3CCCC3)C(=O)N(C)[C@H](C(=O)N(C)CC)CC(=O)N(C)[C@@H](COC)C(=O)N[C@@H]([C@@H](C)CC)C(=O)N(C)CC(=O)N(C)[C@H]3C/C=C\CCN(C3=O)[C@@H](CC3CCC(C(F)(F)F)CC3)C(=O)N(C)CC(=O)N[C@@H](CCC3CC(F)C(C(F)(F)F)C(F)C3)C(=O)N2C1. The Balaban J connectivity index is 1.34. The number of rotatable bonds is 14. The number of nitrogens with zero attached hydrogens (tertiary/aromatic N) is 9. The number of ether oxygens (including phenoxy) is 2. The van der Waals surface area contributed by atoms with E-state index in [2.05, 4.69) is 16.0 Å². The molecule has 34 heteroatoms. The Kier molecular flexibility index (Phi) is 31.1.